The molecule has 2 atom stereocenters. The lowest BCUT2D eigenvalue weighted by Crippen LogP contribution is -2.18. The fourth-order valence-corrected chi connectivity index (χ4v) is 2.84. The van der Waals surface area contributed by atoms with Crippen molar-refractivity contribution in [2.75, 3.05) is 7.11 Å². The Balaban J connectivity index is 2.59. The first-order valence-electron chi connectivity index (χ1n) is 6.46. The molecule has 0 bridgehead atoms. The van der Waals surface area contributed by atoms with Gasteiger partial charge in [0.1, 0.15) is 0 Å². The number of rotatable bonds is 6. The zero-order valence-electron chi connectivity index (χ0n) is 12.0. The molecule has 0 heterocycles. The molecule has 0 radical (unpaired) electrons. The molecule has 19 heavy (non-hydrogen) atoms. The topological polar surface area (TPSA) is 43.4 Å². The predicted octanol–water partition coefficient (Wildman–Crippen LogP) is 3.01. The van der Waals surface area contributed by atoms with E-state index in [2.05, 4.69) is 30.7 Å². The van der Waals surface area contributed by atoms with Crippen molar-refractivity contribution in [3.63, 3.8) is 0 Å². The summed E-state index contributed by atoms with van der Waals surface area (Å²) < 4.78 is 16.7. The van der Waals surface area contributed by atoms with Crippen LogP contribution >= 0.6 is 0 Å². The van der Waals surface area contributed by atoms with Gasteiger partial charge in [0.15, 0.2) is 0 Å². The van der Waals surface area contributed by atoms with Crippen molar-refractivity contribution in [1.29, 1.82) is 0 Å². The van der Waals surface area contributed by atoms with Crippen molar-refractivity contribution in [3.05, 3.63) is 35.4 Å². The van der Waals surface area contributed by atoms with Crippen molar-refractivity contribution in [3.8, 4) is 0 Å². The van der Waals surface area contributed by atoms with Crippen molar-refractivity contribution in [2.24, 2.45) is 0 Å². The Morgan fingerprint density at radius 2 is 1.79 bits per heavy atom. The summed E-state index contributed by atoms with van der Waals surface area (Å²) >= 11 is 0. The van der Waals surface area contributed by atoms with Gasteiger partial charge < -0.3 is 4.74 Å². The molecule has 0 fully saturated rings. The van der Waals surface area contributed by atoms with Gasteiger partial charge in [-0.15, -0.1) is 0 Å². The van der Waals surface area contributed by atoms with E-state index in [1.54, 1.807) is 0 Å². The molecule has 106 valence electrons. The number of hydrogen-bond donors (Lipinski definition) is 0. The van der Waals surface area contributed by atoms with E-state index in [9.17, 15) is 9.00 Å². The van der Waals surface area contributed by atoms with Gasteiger partial charge in [0.25, 0.3) is 0 Å². The molecule has 0 N–H and O–H groups in total. The summed E-state index contributed by atoms with van der Waals surface area (Å²) in [5.41, 5.74) is 2.32. The summed E-state index contributed by atoms with van der Waals surface area (Å²) in [6.45, 7) is 6.10. The van der Waals surface area contributed by atoms with Crippen LogP contribution in [0.2, 0.25) is 0 Å². The van der Waals surface area contributed by atoms with Crippen LogP contribution in [-0.2, 0) is 26.1 Å². The summed E-state index contributed by atoms with van der Waals surface area (Å²) in [4.78, 5) is 11.1. The lowest BCUT2D eigenvalue weighted by molar-refractivity contribution is -0.140. The molecule has 0 aliphatic carbocycles. The number of hydrogen-bond acceptors (Lipinski definition) is 3. The van der Waals surface area contributed by atoms with Crippen LogP contribution in [-0.4, -0.2) is 22.5 Å². The third-order valence-corrected chi connectivity index (χ3v) is 4.77. The Hall–Kier alpha value is -1.16. The Kier molecular flexibility index (Phi) is 6.22. The molecule has 0 aromatic heterocycles. The van der Waals surface area contributed by atoms with Gasteiger partial charge in [0.05, 0.1) is 13.5 Å². The van der Waals surface area contributed by atoms with Crippen LogP contribution in [0, 0.1) is 0 Å². The molecule has 0 aliphatic rings. The standard InChI is InChI=1S/C15H22O3S/c1-11(2)14-7-5-13(6-8-14)10-19(17)12(3)9-15(16)18-4/h5-8,11-12H,9-10H2,1-4H3. The van der Waals surface area contributed by atoms with Gasteiger partial charge in [-0.2, -0.15) is 0 Å². The molecule has 0 spiro atoms. The number of ether oxygens (including phenoxy) is 1. The first-order chi connectivity index (χ1) is 8.93. The summed E-state index contributed by atoms with van der Waals surface area (Å²) in [6, 6.07) is 8.17. The highest BCUT2D eigenvalue weighted by Gasteiger charge is 2.16. The quantitative estimate of drug-likeness (QED) is 0.753. The first-order valence-corrected chi connectivity index (χ1v) is 7.85. The summed E-state index contributed by atoms with van der Waals surface area (Å²) in [6.07, 6.45) is 0.202. The highest BCUT2D eigenvalue weighted by atomic mass is 32.2. The first kappa shape index (κ1) is 15.9. The van der Waals surface area contributed by atoms with E-state index < -0.39 is 10.8 Å². The molecule has 0 amide bonds. The SMILES string of the molecule is COC(=O)CC(C)S(=O)Cc1ccc(C(C)C)cc1. The molecule has 1 rings (SSSR count). The Morgan fingerprint density at radius 1 is 1.21 bits per heavy atom. The van der Waals surface area contributed by atoms with E-state index in [1.807, 2.05) is 19.1 Å². The van der Waals surface area contributed by atoms with E-state index in [0.29, 0.717) is 11.7 Å². The highest BCUT2D eigenvalue weighted by molar-refractivity contribution is 7.84. The second-order valence-corrected chi connectivity index (χ2v) is 6.87. The third-order valence-electron chi connectivity index (χ3n) is 3.09. The predicted molar refractivity (Wildman–Crippen MR) is 78.5 cm³/mol. The van der Waals surface area contributed by atoms with Gasteiger partial charge >= 0.3 is 5.97 Å². The smallest absolute Gasteiger partial charge is 0.306 e. The normalized spacial score (nSPS) is 14.2. The maximum Gasteiger partial charge on any atom is 0.306 e. The van der Waals surface area contributed by atoms with Gasteiger partial charge in [-0.3, -0.25) is 9.00 Å². The summed E-state index contributed by atoms with van der Waals surface area (Å²) in [7, 11) is 0.294. The molecule has 3 nitrogen and oxygen atoms in total. The fourth-order valence-electron chi connectivity index (χ4n) is 1.72. The minimum Gasteiger partial charge on any atom is -0.469 e. The van der Waals surface area contributed by atoms with Gasteiger partial charge in [-0.1, -0.05) is 45.0 Å². The van der Waals surface area contributed by atoms with E-state index in [0.717, 1.165) is 5.56 Å². The van der Waals surface area contributed by atoms with Crippen molar-refractivity contribution in [2.45, 2.75) is 44.1 Å². The average Bonchev–Trinajstić information content (AvgIpc) is 2.38. The maximum atomic E-state index is 12.1. The molecule has 1 aromatic carbocycles. The van der Waals surface area contributed by atoms with Crippen LogP contribution < -0.4 is 0 Å². The second kappa shape index (κ2) is 7.43. The Morgan fingerprint density at radius 3 is 2.26 bits per heavy atom. The average molecular weight is 282 g/mol. The zero-order chi connectivity index (χ0) is 14.4. The molecular formula is C15H22O3S. The van der Waals surface area contributed by atoms with E-state index in [4.69, 9.17) is 0 Å². The molecular weight excluding hydrogens is 260 g/mol. The van der Waals surface area contributed by atoms with Gasteiger partial charge in [-0.05, 0) is 17.0 Å². The lowest BCUT2D eigenvalue weighted by Gasteiger charge is -2.11. The third kappa shape index (κ3) is 5.15. The molecule has 0 aliphatic heterocycles. The molecule has 2 unspecified atom stereocenters. The number of methoxy groups -OCH3 is 1. The number of esters is 1. The van der Waals surface area contributed by atoms with Crippen LogP contribution in [0.15, 0.2) is 24.3 Å². The van der Waals surface area contributed by atoms with Crippen LogP contribution in [0.5, 0.6) is 0 Å². The van der Waals surface area contributed by atoms with Crippen molar-refractivity contribution >= 4 is 16.8 Å². The lowest BCUT2D eigenvalue weighted by atomic mass is 10.0. The van der Waals surface area contributed by atoms with Crippen LogP contribution in [0.3, 0.4) is 0 Å². The molecule has 4 heteroatoms. The summed E-state index contributed by atoms with van der Waals surface area (Å²) in [5, 5.41) is -0.183. The number of carbonyl (C=O) groups excluding carboxylic acids is 1. The van der Waals surface area contributed by atoms with Gasteiger partial charge in [0, 0.05) is 21.8 Å². The largest absolute Gasteiger partial charge is 0.469 e. The molecule has 0 saturated carbocycles. The van der Waals surface area contributed by atoms with Crippen LogP contribution in [0.25, 0.3) is 0 Å². The van der Waals surface area contributed by atoms with Crippen molar-refractivity contribution < 1.29 is 13.7 Å². The summed E-state index contributed by atoms with van der Waals surface area (Å²) in [5.74, 6) is 0.671. The minimum atomic E-state index is -1.06. The Bertz CT molecular complexity index is 437. The molecule has 1 aromatic rings. The van der Waals surface area contributed by atoms with E-state index in [1.165, 1.54) is 12.7 Å². The van der Waals surface area contributed by atoms with Gasteiger partial charge in [0.2, 0.25) is 0 Å². The van der Waals surface area contributed by atoms with Crippen LogP contribution in [0.4, 0.5) is 0 Å². The highest BCUT2D eigenvalue weighted by Crippen LogP contribution is 2.16. The van der Waals surface area contributed by atoms with Crippen molar-refractivity contribution in [1.82, 2.24) is 0 Å². The van der Waals surface area contributed by atoms with E-state index >= 15 is 0 Å². The van der Waals surface area contributed by atoms with E-state index in [-0.39, 0.29) is 17.6 Å². The van der Waals surface area contributed by atoms with Gasteiger partial charge in [-0.25, -0.2) is 0 Å². The monoisotopic (exact) mass is 282 g/mol. The zero-order valence-corrected chi connectivity index (χ0v) is 12.8. The number of benzene rings is 1. The fraction of sp³-hybridized carbons (Fsp3) is 0.533. The Labute approximate surface area is 117 Å². The second-order valence-electron chi connectivity index (χ2n) is 5.01. The minimum absolute atomic E-state index is 0.183. The molecule has 0 saturated heterocycles. The number of carbonyl (C=O) groups is 1. The maximum absolute atomic E-state index is 12.1. The van der Waals surface area contributed by atoms with Crippen LogP contribution in [0.1, 0.15) is 44.2 Å².